The van der Waals surface area contributed by atoms with Gasteiger partial charge in [0.05, 0.1) is 24.9 Å². The first-order valence-corrected chi connectivity index (χ1v) is 7.40. The van der Waals surface area contributed by atoms with Gasteiger partial charge in [-0.05, 0) is 24.4 Å². The van der Waals surface area contributed by atoms with E-state index in [2.05, 4.69) is 10.6 Å². The molecule has 0 fully saturated rings. The molecule has 0 spiro atoms. The Hall–Kier alpha value is -2.61. The molecule has 1 aliphatic rings. The SMILES string of the molecule is COC(=O)C1(c2ccc(F)c(OC)c2F)NC=CC(NC(C)=O)=C1Cl. The summed E-state index contributed by atoms with van der Waals surface area (Å²) in [5, 5.41) is 4.85. The number of esters is 1. The van der Waals surface area contributed by atoms with Crippen LogP contribution in [0.25, 0.3) is 0 Å². The number of hydrogen-bond donors (Lipinski definition) is 2. The molecule has 1 aromatic carbocycles. The number of ether oxygens (including phenoxy) is 2. The van der Waals surface area contributed by atoms with Gasteiger partial charge >= 0.3 is 5.97 Å². The Bertz CT molecular complexity index is 795. The predicted molar refractivity (Wildman–Crippen MR) is 85.6 cm³/mol. The molecular weight excluding hydrogens is 358 g/mol. The van der Waals surface area contributed by atoms with Gasteiger partial charge in [0.15, 0.2) is 17.4 Å². The number of hydrogen-bond acceptors (Lipinski definition) is 5. The molecule has 2 N–H and O–H groups in total. The zero-order valence-electron chi connectivity index (χ0n) is 13.6. The molecule has 1 amide bonds. The standard InChI is InChI=1S/C16H15ClF2N2O4/c1-8(22)21-11-6-7-20-16(14(11)17,15(23)25-3)9-4-5-10(18)13(24-2)12(9)19/h4-7,20H,1-3H3,(H,21,22). The maximum absolute atomic E-state index is 14.8. The molecule has 1 aromatic rings. The second-order valence-electron chi connectivity index (χ2n) is 5.07. The van der Waals surface area contributed by atoms with Crippen molar-refractivity contribution in [2.45, 2.75) is 12.5 Å². The highest BCUT2D eigenvalue weighted by Crippen LogP contribution is 2.41. The molecule has 1 heterocycles. The predicted octanol–water partition coefficient (Wildman–Crippen LogP) is 2.05. The fraction of sp³-hybridized carbons (Fsp3) is 0.250. The summed E-state index contributed by atoms with van der Waals surface area (Å²) < 4.78 is 38.0. The van der Waals surface area contributed by atoms with Gasteiger partial charge in [0, 0.05) is 12.5 Å². The topological polar surface area (TPSA) is 76.7 Å². The molecule has 2 rings (SSSR count). The molecule has 0 saturated carbocycles. The maximum Gasteiger partial charge on any atom is 0.342 e. The van der Waals surface area contributed by atoms with Gasteiger partial charge in [-0.3, -0.25) is 4.79 Å². The summed E-state index contributed by atoms with van der Waals surface area (Å²) in [5.41, 5.74) is -2.27. The van der Waals surface area contributed by atoms with E-state index in [1.54, 1.807) is 0 Å². The fourth-order valence-corrected chi connectivity index (χ4v) is 2.84. The largest absolute Gasteiger partial charge is 0.491 e. The molecule has 0 aromatic heterocycles. The second-order valence-corrected chi connectivity index (χ2v) is 5.45. The van der Waals surface area contributed by atoms with E-state index in [1.165, 1.54) is 19.2 Å². The summed E-state index contributed by atoms with van der Waals surface area (Å²) in [6.07, 6.45) is 2.69. The van der Waals surface area contributed by atoms with Gasteiger partial charge in [0.2, 0.25) is 11.4 Å². The summed E-state index contributed by atoms with van der Waals surface area (Å²) in [4.78, 5) is 23.9. The minimum atomic E-state index is -2.02. The van der Waals surface area contributed by atoms with Crippen LogP contribution in [-0.4, -0.2) is 26.1 Å². The number of carbonyl (C=O) groups excluding carboxylic acids is 2. The first-order chi connectivity index (χ1) is 11.8. The Morgan fingerprint density at radius 2 is 1.96 bits per heavy atom. The number of rotatable bonds is 4. The summed E-state index contributed by atoms with van der Waals surface area (Å²) in [7, 11) is 2.18. The van der Waals surface area contributed by atoms with Crippen molar-refractivity contribution in [3.8, 4) is 5.75 Å². The molecule has 1 aliphatic heterocycles. The van der Waals surface area contributed by atoms with Crippen LogP contribution in [-0.2, 0) is 19.9 Å². The number of benzene rings is 1. The van der Waals surface area contributed by atoms with Crippen molar-refractivity contribution >= 4 is 23.5 Å². The van der Waals surface area contributed by atoms with E-state index in [0.717, 1.165) is 26.4 Å². The van der Waals surface area contributed by atoms with Crippen LogP contribution < -0.4 is 15.4 Å². The van der Waals surface area contributed by atoms with Gasteiger partial charge in [0.25, 0.3) is 0 Å². The second kappa shape index (κ2) is 7.10. The molecule has 0 aliphatic carbocycles. The monoisotopic (exact) mass is 372 g/mol. The summed E-state index contributed by atoms with van der Waals surface area (Å²) in [6.45, 7) is 1.24. The molecule has 0 saturated heterocycles. The van der Waals surface area contributed by atoms with Crippen molar-refractivity contribution in [1.29, 1.82) is 0 Å². The number of dihydropyridines is 1. The van der Waals surface area contributed by atoms with E-state index in [0.29, 0.717) is 0 Å². The number of carbonyl (C=O) groups is 2. The van der Waals surface area contributed by atoms with E-state index >= 15 is 0 Å². The summed E-state index contributed by atoms with van der Waals surface area (Å²) in [6, 6.07) is 1.98. The lowest BCUT2D eigenvalue weighted by Crippen LogP contribution is -2.51. The van der Waals surface area contributed by atoms with Crippen molar-refractivity contribution < 1.29 is 27.8 Å². The molecule has 0 bridgehead atoms. The fourth-order valence-electron chi connectivity index (χ4n) is 2.49. The molecule has 1 atom stereocenters. The van der Waals surface area contributed by atoms with Crippen molar-refractivity contribution in [3.63, 3.8) is 0 Å². The smallest absolute Gasteiger partial charge is 0.342 e. The average molecular weight is 373 g/mol. The Kier molecular flexibility index (Phi) is 5.32. The quantitative estimate of drug-likeness (QED) is 0.791. The van der Waals surface area contributed by atoms with Gasteiger partial charge < -0.3 is 20.1 Å². The highest BCUT2D eigenvalue weighted by molar-refractivity contribution is 6.33. The van der Waals surface area contributed by atoms with Crippen LogP contribution in [0.3, 0.4) is 0 Å². The Balaban J connectivity index is 2.78. The molecule has 6 nitrogen and oxygen atoms in total. The van der Waals surface area contributed by atoms with E-state index in [9.17, 15) is 18.4 Å². The zero-order valence-corrected chi connectivity index (χ0v) is 14.3. The van der Waals surface area contributed by atoms with Gasteiger partial charge in [-0.15, -0.1) is 0 Å². The van der Waals surface area contributed by atoms with Crippen LogP contribution in [0.4, 0.5) is 8.78 Å². The minimum Gasteiger partial charge on any atom is -0.491 e. The lowest BCUT2D eigenvalue weighted by molar-refractivity contribution is -0.147. The lowest BCUT2D eigenvalue weighted by atomic mass is 9.86. The van der Waals surface area contributed by atoms with E-state index in [-0.39, 0.29) is 16.3 Å². The van der Waals surface area contributed by atoms with Crippen LogP contribution in [0, 0.1) is 11.6 Å². The number of allylic oxidation sites excluding steroid dienone is 1. The first-order valence-electron chi connectivity index (χ1n) is 7.02. The van der Waals surface area contributed by atoms with Crippen molar-refractivity contribution in [2.24, 2.45) is 0 Å². The normalized spacial score (nSPS) is 19.3. The minimum absolute atomic E-state index is 0.0704. The van der Waals surface area contributed by atoms with E-state index < -0.39 is 34.8 Å². The third-order valence-corrected chi connectivity index (χ3v) is 4.06. The van der Waals surface area contributed by atoms with Crippen LogP contribution in [0.1, 0.15) is 12.5 Å². The average Bonchev–Trinajstić information content (AvgIpc) is 2.57. The van der Waals surface area contributed by atoms with E-state index in [1.807, 2.05) is 0 Å². The highest BCUT2D eigenvalue weighted by atomic mass is 35.5. The first kappa shape index (κ1) is 18.7. The maximum atomic E-state index is 14.8. The summed E-state index contributed by atoms with van der Waals surface area (Å²) in [5.74, 6) is -4.16. The van der Waals surface area contributed by atoms with Gasteiger partial charge in [0.1, 0.15) is 0 Å². The van der Waals surface area contributed by atoms with Crippen LogP contribution >= 0.6 is 11.6 Å². The molecule has 0 radical (unpaired) electrons. The highest BCUT2D eigenvalue weighted by Gasteiger charge is 2.49. The van der Waals surface area contributed by atoms with Gasteiger partial charge in [-0.25, -0.2) is 13.6 Å². The van der Waals surface area contributed by atoms with E-state index in [4.69, 9.17) is 21.1 Å². The Morgan fingerprint density at radius 3 is 2.52 bits per heavy atom. The van der Waals surface area contributed by atoms with Crippen LogP contribution in [0.2, 0.25) is 0 Å². The number of halogens is 3. The van der Waals surface area contributed by atoms with Crippen molar-refractivity contribution in [1.82, 2.24) is 10.6 Å². The molecule has 9 heteroatoms. The van der Waals surface area contributed by atoms with Crippen molar-refractivity contribution in [2.75, 3.05) is 14.2 Å². The van der Waals surface area contributed by atoms with Gasteiger partial charge in [-0.1, -0.05) is 11.6 Å². The lowest BCUT2D eigenvalue weighted by Gasteiger charge is -2.35. The molecular formula is C16H15ClF2N2O4. The Morgan fingerprint density at radius 1 is 1.28 bits per heavy atom. The number of methoxy groups -OCH3 is 2. The number of amides is 1. The molecule has 1 unspecified atom stereocenters. The van der Waals surface area contributed by atoms with Crippen LogP contribution in [0.15, 0.2) is 35.1 Å². The third-order valence-electron chi connectivity index (χ3n) is 3.58. The van der Waals surface area contributed by atoms with Crippen molar-refractivity contribution in [3.05, 3.63) is 52.3 Å². The third kappa shape index (κ3) is 3.05. The zero-order chi connectivity index (χ0) is 18.8. The summed E-state index contributed by atoms with van der Waals surface area (Å²) >= 11 is 6.31. The van der Waals surface area contributed by atoms with Crippen LogP contribution in [0.5, 0.6) is 5.75 Å². The number of nitrogens with one attached hydrogen (secondary N) is 2. The van der Waals surface area contributed by atoms with Gasteiger partial charge in [-0.2, -0.15) is 0 Å². The molecule has 25 heavy (non-hydrogen) atoms. The molecule has 134 valence electrons. The Labute approximate surface area is 147 Å².